The summed E-state index contributed by atoms with van der Waals surface area (Å²) >= 11 is 0. The van der Waals surface area contributed by atoms with Gasteiger partial charge in [0, 0.05) is 0 Å². The van der Waals surface area contributed by atoms with E-state index in [1.165, 1.54) is 4.90 Å². The Morgan fingerprint density at radius 2 is 1.83 bits per heavy atom. The van der Waals surface area contributed by atoms with Crippen molar-refractivity contribution in [3.63, 3.8) is 0 Å². The molecule has 0 aliphatic carbocycles. The van der Waals surface area contributed by atoms with Crippen LogP contribution in [0.25, 0.3) is 11.0 Å². The number of amides is 2. The van der Waals surface area contributed by atoms with E-state index in [2.05, 4.69) is 4.98 Å². The molecule has 1 fully saturated rings. The molecule has 6 heteroatoms. The zero-order valence-electron chi connectivity index (χ0n) is 13.0. The summed E-state index contributed by atoms with van der Waals surface area (Å²) in [6.07, 6.45) is 1.75. The van der Waals surface area contributed by atoms with Gasteiger partial charge < -0.3 is 9.30 Å². The number of para-hydroxylation sites is 2. The summed E-state index contributed by atoms with van der Waals surface area (Å²) < 4.78 is 6.89. The summed E-state index contributed by atoms with van der Waals surface area (Å²) in [6, 6.07) is 13.9. The van der Waals surface area contributed by atoms with Crippen LogP contribution in [0.2, 0.25) is 0 Å². The first kappa shape index (κ1) is 14.4. The molecule has 1 aliphatic heterocycles. The Morgan fingerprint density at radius 3 is 2.58 bits per heavy atom. The zero-order chi connectivity index (χ0) is 16.7. The second kappa shape index (κ2) is 5.49. The molecule has 0 spiro atoms. The van der Waals surface area contributed by atoms with Gasteiger partial charge in [-0.15, -0.1) is 0 Å². The van der Waals surface area contributed by atoms with Gasteiger partial charge in [-0.25, -0.2) is 9.88 Å². The fourth-order valence-corrected chi connectivity index (χ4v) is 3.06. The molecule has 2 heterocycles. The highest BCUT2D eigenvalue weighted by molar-refractivity contribution is 6.21. The van der Waals surface area contributed by atoms with Crippen molar-refractivity contribution in [3.05, 3.63) is 54.9 Å². The quantitative estimate of drug-likeness (QED) is 0.696. The van der Waals surface area contributed by atoms with E-state index in [0.29, 0.717) is 11.4 Å². The van der Waals surface area contributed by atoms with E-state index < -0.39 is 6.04 Å². The molecule has 1 aromatic heterocycles. The molecule has 1 aliphatic rings. The third-order valence-electron chi connectivity index (χ3n) is 4.27. The number of imide groups is 1. The number of imidazole rings is 1. The van der Waals surface area contributed by atoms with Crippen LogP contribution in [0.3, 0.4) is 0 Å². The Balaban J connectivity index is 1.70. The van der Waals surface area contributed by atoms with Gasteiger partial charge >= 0.3 is 0 Å². The van der Waals surface area contributed by atoms with Crippen molar-refractivity contribution in [2.24, 2.45) is 0 Å². The van der Waals surface area contributed by atoms with Crippen LogP contribution >= 0.6 is 0 Å². The van der Waals surface area contributed by atoms with Crippen molar-refractivity contribution in [1.29, 1.82) is 0 Å². The lowest BCUT2D eigenvalue weighted by Gasteiger charge is -2.16. The van der Waals surface area contributed by atoms with Crippen LogP contribution in [0.1, 0.15) is 12.5 Å². The van der Waals surface area contributed by atoms with Crippen molar-refractivity contribution in [3.8, 4) is 5.75 Å². The number of benzene rings is 2. The first-order valence-corrected chi connectivity index (χ1v) is 7.61. The summed E-state index contributed by atoms with van der Waals surface area (Å²) in [6.45, 7) is 0. The van der Waals surface area contributed by atoms with E-state index >= 15 is 0 Å². The summed E-state index contributed by atoms with van der Waals surface area (Å²) in [5.41, 5.74) is 2.21. The molecule has 120 valence electrons. The second-order valence-corrected chi connectivity index (χ2v) is 5.63. The predicted octanol–water partition coefficient (Wildman–Crippen LogP) is 2.55. The summed E-state index contributed by atoms with van der Waals surface area (Å²) in [5, 5.41) is 0. The van der Waals surface area contributed by atoms with Gasteiger partial charge in [-0.2, -0.15) is 0 Å². The monoisotopic (exact) mass is 321 g/mol. The number of hydrogen-bond acceptors (Lipinski definition) is 4. The number of nitrogens with zero attached hydrogens (tertiary/aromatic N) is 3. The summed E-state index contributed by atoms with van der Waals surface area (Å²) in [5.74, 6) is 0.219. The van der Waals surface area contributed by atoms with Crippen molar-refractivity contribution in [2.45, 2.75) is 12.5 Å². The van der Waals surface area contributed by atoms with Gasteiger partial charge in [-0.05, 0) is 36.4 Å². The molecular formula is C18H15N3O3. The van der Waals surface area contributed by atoms with Crippen LogP contribution < -0.4 is 9.64 Å². The van der Waals surface area contributed by atoms with Gasteiger partial charge in [-0.3, -0.25) is 9.59 Å². The van der Waals surface area contributed by atoms with E-state index in [4.69, 9.17) is 4.74 Å². The highest BCUT2D eigenvalue weighted by atomic mass is 16.5. The molecule has 6 nitrogen and oxygen atoms in total. The lowest BCUT2D eigenvalue weighted by Crippen LogP contribution is -2.30. The highest BCUT2D eigenvalue weighted by Crippen LogP contribution is 2.32. The van der Waals surface area contributed by atoms with Crippen LogP contribution in [0.5, 0.6) is 5.75 Å². The number of carbonyl (C=O) groups is 2. The van der Waals surface area contributed by atoms with Gasteiger partial charge in [-0.1, -0.05) is 12.1 Å². The molecule has 1 atom stereocenters. The molecule has 0 N–H and O–H groups in total. The molecule has 4 rings (SSSR count). The van der Waals surface area contributed by atoms with E-state index in [-0.39, 0.29) is 18.2 Å². The molecule has 0 saturated carbocycles. The summed E-state index contributed by atoms with van der Waals surface area (Å²) in [4.78, 5) is 30.8. The van der Waals surface area contributed by atoms with E-state index in [1.54, 1.807) is 42.3 Å². The van der Waals surface area contributed by atoms with Crippen molar-refractivity contribution < 1.29 is 14.3 Å². The standard InChI is InChI=1S/C18H15N3O3/c1-24-13-8-6-12(7-9-13)21-17(22)10-16(18(21)23)20-11-19-14-4-2-3-5-15(14)20/h2-9,11,16H,10H2,1H3/t16-/m1/s1. The minimum Gasteiger partial charge on any atom is -0.497 e. The smallest absolute Gasteiger partial charge is 0.257 e. The Kier molecular flexibility index (Phi) is 3.30. The normalized spacial score (nSPS) is 17.7. The van der Waals surface area contributed by atoms with Crippen LogP contribution in [0.15, 0.2) is 54.9 Å². The van der Waals surface area contributed by atoms with Crippen molar-refractivity contribution in [2.75, 3.05) is 12.0 Å². The van der Waals surface area contributed by atoms with Crippen molar-refractivity contribution >= 4 is 28.5 Å². The Bertz CT molecular complexity index is 930. The fourth-order valence-electron chi connectivity index (χ4n) is 3.06. The van der Waals surface area contributed by atoms with E-state index in [1.807, 2.05) is 24.3 Å². The number of aromatic nitrogens is 2. The molecular weight excluding hydrogens is 306 g/mol. The number of ether oxygens (including phenoxy) is 1. The lowest BCUT2D eigenvalue weighted by atomic mass is 10.2. The average Bonchev–Trinajstić information content (AvgIpc) is 3.16. The molecule has 2 aromatic carbocycles. The average molecular weight is 321 g/mol. The van der Waals surface area contributed by atoms with E-state index in [0.717, 1.165) is 11.0 Å². The maximum atomic E-state index is 12.8. The molecule has 2 amide bonds. The second-order valence-electron chi connectivity index (χ2n) is 5.63. The largest absolute Gasteiger partial charge is 0.497 e. The Labute approximate surface area is 138 Å². The third kappa shape index (κ3) is 2.15. The molecule has 3 aromatic rings. The molecule has 0 radical (unpaired) electrons. The maximum Gasteiger partial charge on any atom is 0.257 e. The maximum absolute atomic E-state index is 12.8. The van der Waals surface area contributed by atoms with Crippen LogP contribution in [-0.2, 0) is 9.59 Å². The fraction of sp³-hybridized carbons (Fsp3) is 0.167. The third-order valence-corrected chi connectivity index (χ3v) is 4.27. The molecule has 0 bridgehead atoms. The van der Waals surface area contributed by atoms with Crippen LogP contribution in [0, 0.1) is 0 Å². The number of rotatable bonds is 3. The predicted molar refractivity (Wildman–Crippen MR) is 88.9 cm³/mol. The topological polar surface area (TPSA) is 64.4 Å². The van der Waals surface area contributed by atoms with Crippen LogP contribution in [-0.4, -0.2) is 28.5 Å². The van der Waals surface area contributed by atoms with Crippen LogP contribution in [0.4, 0.5) is 5.69 Å². The molecule has 1 saturated heterocycles. The van der Waals surface area contributed by atoms with Gasteiger partial charge in [0.15, 0.2) is 0 Å². The number of hydrogen-bond donors (Lipinski definition) is 0. The minimum atomic E-state index is -0.563. The number of anilines is 1. The van der Waals surface area contributed by atoms with Gasteiger partial charge in [0.25, 0.3) is 5.91 Å². The Morgan fingerprint density at radius 1 is 1.08 bits per heavy atom. The van der Waals surface area contributed by atoms with Crippen molar-refractivity contribution in [1.82, 2.24) is 9.55 Å². The number of carbonyl (C=O) groups excluding carboxylic acids is 2. The zero-order valence-corrected chi connectivity index (χ0v) is 13.0. The van der Waals surface area contributed by atoms with Gasteiger partial charge in [0.05, 0.1) is 36.6 Å². The number of fused-ring (bicyclic) bond motifs is 1. The summed E-state index contributed by atoms with van der Waals surface area (Å²) in [7, 11) is 1.57. The van der Waals surface area contributed by atoms with Gasteiger partial charge in [0.1, 0.15) is 11.8 Å². The first-order chi connectivity index (χ1) is 11.7. The van der Waals surface area contributed by atoms with E-state index in [9.17, 15) is 9.59 Å². The number of methoxy groups -OCH3 is 1. The first-order valence-electron chi connectivity index (χ1n) is 7.61. The lowest BCUT2D eigenvalue weighted by molar-refractivity contribution is -0.122. The molecule has 24 heavy (non-hydrogen) atoms. The Hall–Kier alpha value is -3.15. The molecule has 0 unspecified atom stereocenters. The SMILES string of the molecule is COc1ccc(N2C(=O)C[C@@H](n3cnc4ccccc43)C2=O)cc1. The minimum absolute atomic E-state index is 0.130. The highest BCUT2D eigenvalue weighted by Gasteiger charge is 2.41. The van der Waals surface area contributed by atoms with Gasteiger partial charge in [0.2, 0.25) is 5.91 Å².